The van der Waals surface area contributed by atoms with Gasteiger partial charge in [-0.1, -0.05) is 54.1 Å². The van der Waals surface area contributed by atoms with E-state index in [-0.39, 0.29) is 12.5 Å². The first-order valence-corrected chi connectivity index (χ1v) is 8.81. The zero-order chi connectivity index (χ0) is 19.9. The first-order chi connectivity index (χ1) is 13.5. The predicted molar refractivity (Wildman–Crippen MR) is 107 cm³/mol. The van der Waals surface area contributed by atoms with Crippen LogP contribution >= 0.6 is 0 Å². The Morgan fingerprint density at radius 2 is 1.68 bits per heavy atom. The molecule has 3 aromatic carbocycles. The van der Waals surface area contributed by atoms with Crippen molar-refractivity contribution in [2.45, 2.75) is 6.92 Å². The summed E-state index contributed by atoms with van der Waals surface area (Å²) >= 11 is 0. The Bertz CT molecular complexity index is 1020. The maximum absolute atomic E-state index is 12.1. The summed E-state index contributed by atoms with van der Waals surface area (Å²) in [7, 11) is 0. The van der Waals surface area contributed by atoms with Crippen LogP contribution in [0.1, 0.15) is 15.9 Å². The van der Waals surface area contributed by atoms with E-state index < -0.39 is 18.5 Å². The topological polar surface area (TPSA) is 84.5 Å². The molecule has 2 N–H and O–H groups in total. The van der Waals surface area contributed by atoms with Gasteiger partial charge < -0.3 is 15.4 Å². The predicted octanol–water partition coefficient (Wildman–Crippen LogP) is 3.06. The molecule has 0 spiro atoms. The third-order valence-electron chi connectivity index (χ3n) is 4.10. The van der Waals surface area contributed by atoms with Gasteiger partial charge in [0, 0.05) is 16.6 Å². The van der Waals surface area contributed by atoms with Crippen LogP contribution in [0, 0.1) is 6.92 Å². The highest BCUT2D eigenvalue weighted by Gasteiger charge is 2.12. The fourth-order valence-corrected chi connectivity index (χ4v) is 2.76. The molecular weight excluding hydrogens is 356 g/mol. The number of benzene rings is 3. The van der Waals surface area contributed by atoms with Crippen molar-refractivity contribution in [2.24, 2.45) is 0 Å². The Balaban J connectivity index is 1.47. The van der Waals surface area contributed by atoms with Crippen LogP contribution in [0.15, 0.2) is 66.7 Å². The van der Waals surface area contributed by atoms with E-state index in [4.69, 9.17) is 4.74 Å². The van der Waals surface area contributed by atoms with Gasteiger partial charge in [-0.25, -0.2) is 0 Å². The van der Waals surface area contributed by atoms with Gasteiger partial charge in [0.25, 0.3) is 11.8 Å². The summed E-state index contributed by atoms with van der Waals surface area (Å²) in [6.45, 7) is 1.14. The van der Waals surface area contributed by atoms with Crippen LogP contribution in [0.5, 0.6) is 0 Å². The van der Waals surface area contributed by atoms with Gasteiger partial charge in [-0.2, -0.15) is 0 Å². The molecule has 0 unspecified atom stereocenters. The Hall–Kier alpha value is -3.67. The lowest BCUT2D eigenvalue weighted by atomic mass is 10.1. The smallest absolute Gasteiger partial charge is 0.325 e. The van der Waals surface area contributed by atoms with Crippen molar-refractivity contribution in [1.29, 1.82) is 0 Å². The SMILES string of the molecule is Cc1cccc(C(=O)NCC(=O)OCC(=O)Nc2cccc3ccccc23)c1. The van der Waals surface area contributed by atoms with Crippen LogP contribution in [0.2, 0.25) is 0 Å². The number of esters is 1. The highest BCUT2D eigenvalue weighted by molar-refractivity contribution is 6.03. The normalized spacial score (nSPS) is 10.3. The third kappa shape index (κ3) is 4.94. The zero-order valence-electron chi connectivity index (χ0n) is 15.4. The number of hydrogen-bond donors (Lipinski definition) is 2. The Labute approximate surface area is 162 Å². The molecule has 28 heavy (non-hydrogen) atoms. The molecule has 0 bridgehead atoms. The summed E-state index contributed by atoms with van der Waals surface area (Å²) in [5, 5.41) is 7.11. The van der Waals surface area contributed by atoms with Crippen molar-refractivity contribution >= 4 is 34.2 Å². The Kier molecular flexibility index (Phi) is 6.01. The summed E-state index contributed by atoms with van der Waals surface area (Å²) in [4.78, 5) is 35.9. The lowest BCUT2D eigenvalue weighted by molar-refractivity contribution is -0.146. The summed E-state index contributed by atoms with van der Waals surface area (Å²) in [6, 6.07) is 20.2. The van der Waals surface area contributed by atoms with E-state index in [1.807, 2.05) is 49.4 Å². The van der Waals surface area contributed by atoms with Crippen LogP contribution in [0.25, 0.3) is 10.8 Å². The molecule has 0 fully saturated rings. The number of ether oxygens (including phenoxy) is 1. The fourth-order valence-electron chi connectivity index (χ4n) is 2.76. The molecule has 0 saturated carbocycles. The number of anilines is 1. The second-order valence-electron chi connectivity index (χ2n) is 6.29. The van der Waals surface area contributed by atoms with Gasteiger partial charge >= 0.3 is 5.97 Å². The standard InChI is InChI=1S/C22H20N2O4/c1-15-6-4-9-17(12-15)22(27)23-13-21(26)28-14-20(25)24-19-11-5-8-16-7-2-3-10-18(16)19/h2-12H,13-14H2,1H3,(H,23,27)(H,24,25). The second kappa shape index (κ2) is 8.81. The number of hydrogen-bond acceptors (Lipinski definition) is 4. The van der Waals surface area contributed by atoms with E-state index in [0.29, 0.717) is 11.3 Å². The number of amides is 2. The molecule has 0 aliphatic rings. The molecule has 142 valence electrons. The molecular formula is C22H20N2O4. The van der Waals surface area contributed by atoms with Crippen molar-refractivity contribution < 1.29 is 19.1 Å². The molecule has 3 rings (SSSR count). The molecule has 0 radical (unpaired) electrons. The van der Waals surface area contributed by atoms with Crippen molar-refractivity contribution in [2.75, 3.05) is 18.5 Å². The number of carbonyl (C=O) groups excluding carboxylic acids is 3. The van der Waals surface area contributed by atoms with Gasteiger partial charge in [0.15, 0.2) is 6.61 Å². The van der Waals surface area contributed by atoms with Crippen LogP contribution in [-0.4, -0.2) is 30.9 Å². The minimum atomic E-state index is -0.686. The monoisotopic (exact) mass is 376 g/mol. The maximum atomic E-state index is 12.1. The van der Waals surface area contributed by atoms with Crippen LogP contribution in [0.3, 0.4) is 0 Å². The van der Waals surface area contributed by atoms with Crippen LogP contribution in [0.4, 0.5) is 5.69 Å². The average molecular weight is 376 g/mol. The molecule has 2 amide bonds. The quantitative estimate of drug-likeness (QED) is 0.648. The first kappa shape index (κ1) is 19.1. The first-order valence-electron chi connectivity index (χ1n) is 8.81. The van der Waals surface area contributed by atoms with E-state index in [1.54, 1.807) is 24.3 Å². The van der Waals surface area contributed by atoms with Crippen molar-refractivity contribution in [1.82, 2.24) is 5.32 Å². The second-order valence-corrected chi connectivity index (χ2v) is 6.29. The van der Waals surface area contributed by atoms with Gasteiger partial charge in [-0.15, -0.1) is 0 Å². The largest absolute Gasteiger partial charge is 0.454 e. The fraction of sp³-hybridized carbons (Fsp3) is 0.136. The lowest BCUT2D eigenvalue weighted by Gasteiger charge is -2.10. The lowest BCUT2D eigenvalue weighted by Crippen LogP contribution is -2.32. The van der Waals surface area contributed by atoms with Gasteiger partial charge in [0.2, 0.25) is 0 Å². The summed E-state index contributed by atoms with van der Waals surface area (Å²) in [5.41, 5.74) is 2.05. The van der Waals surface area contributed by atoms with Gasteiger partial charge in [0.05, 0.1) is 0 Å². The van der Waals surface area contributed by atoms with E-state index in [1.165, 1.54) is 0 Å². The molecule has 0 atom stereocenters. The van der Waals surface area contributed by atoms with E-state index >= 15 is 0 Å². The van der Waals surface area contributed by atoms with Gasteiger partial charge in [-0.05, 0) is 30.5 Å². The van der Waals surface area contributed by atoms with Crippen molar-refractivity contribution in [3.8, 4) is 0 Å². The number of carbonyl (C=O) groups is 3. The minimum absolute atomic E-state index is 0.311. The molecule has 6 nitrogen and oxygen atoms in total. The van der Waals surface area contributed by atoms with Crippen molar-refractivity contribution in [3.05, 3.63) is 77.9 Å². The molecule has 0 saturated heterocycles. The number of aryl methyl sites for hydroxylation is 1. The number of rotatable bonds is 6. The summed E-state index contributed by atoms with van der Waals surface area (Å²) in [6.07, 6.45) is 0. The summed E-state index contributed by atoms with van der Waals surface area (Å²) < 4.78 is 4.93. The molecule has 6 heteroatoms. The summed E-state index contributed by atoms with van der Waals surface area (Å²) in [5.74, 6) is -1.51. The van der Waals surface area contributed by atoms with Crippen molar-refractivity contribution in [3.63, 3.8) is 0 Å². The minimum Gasteiger partial charge on any atom is -0.454 e. The Morgan fingerprint density at radius 3 is 2.50 bits per heavy atom. The van der Waals surface area contributed by atoms with E-state index in [0.717, 1.165) is 16.3 Å². The molecule has 0 aliphatic carbocycles. The Morgan fingerprint density at radius 1 is 0.929 bits per heavy atom. The molecule has 0 aromatic heterocycles. The highest BCUT2D eigenvalue weighted by Crippen LogP contribution is 2.22. The van der Waals surface area contributed by atoms with Crippen LogP contribution in [-0.2, 0) is 14.3 Å². The number of fused-ring (bicyclic) bond motifs is 1. The van der Waals surface area contributed by atoms with E-state index in [9.17, 15) is 14.4 Å². The zero-order valence-corrected chi connectivity index (χ0v) is 15.4. The highest BCUT2D eigenvalue weighted by atomic mass is 16.5. The third-order valence-corrected chi connectivity index (χ3v) is 4.10. The van der Waals surface area contributed by atoms with Gasteiger partial charge in [-0.3, -0.25) is 14.4 Å². The molecule has 0 heterocycles. The average Bonchev–Trinajstić information content (AvgIpc) is 2.71. The maximum Gasteiger partial charge on any atom is 0.325 e. The van der Waals surface area contributed by atoms with Gasteiger partial charge in [0.1, 0.15) is 6.54 Å². The van der Waals surface area contributed by atoms with Crippen LogP contribution < -0.4 is 10.6 Å². The number of nitrogens with one attached hydrogen (secondary N) is 2. The molecule has 3 aromatic rings. The van der Waals surface area contributed by atoms with E-state index in [2.05, 4.69) is 10.6 Å². The molecule has 0 aliphatic heterocycles.